The molecule has 4 rings (SSSR count). The maximum Gasteiger partial charge on any atom is 0.265 e. The lowest BCUT2D eigenvalue weighted by atomic mass is 9.88. The first kappa shape index (κ1) is 19.7. The van der Waals surface area contributed by atoms with Crippen molar-refractivity contribution in [2.45, 2.75) is 58.0 Å². The Hall–Kier alpha value is -1.59. The minimum atomic E-state index is 0.0724. The number of piperidine rings is 1. The number of rotatable bonds is 8. The number of amides is 1. The standard InChI is InChI=1S/C23H34N2O3/c1-3-27-11-10-18-12-19-8-9-20(13-18)24(19)14-17(2)15-25-21-6-4-5-7-22(21)28-16-23(25)26/h4-7,17-20H,3,8-16H2,1-2H3/t17?,18-,19+,20-. The van der Waals surface area contributed by atoms with Gasteiger partial charge in [0.1, 0.15) is 5.75 Å². The Morgan fingerprint density at radius 2 is 1.93 bits per heavy atom. The molecule has 4 atom stereocenters. The van der Waals surface area contributed by atoms with E-state index in [0.29, 0.717) is 5.92 Å². The molecule has 0 spiro atoms. The Labute approximate surface area is 169 Å². The van der Waals surface area contributed by atoms with E-state index in [4.69, 9.17) is 9.47 Å². The van der Waals surface area contributed by atoms with Crippen LogP contribution in [-0.2, 0) is 9.53 Å². The van der Waals surface area contributed by atoms with Gasteiger partial charge in [-0.05, 0) is 63.0 Å². The summed E-state index contributed by atoms with van der Waals surface area (Å²) in [6.07, 6.45) is 6.51. The largest absolute Gasteiger partial charge is 0.482 e. The van der Waals surface area contributed by atoms with E-state index >= 15 is 0 Å². The molecule has 1 unspecified atom stereocenters. The van der Waals surface area contributed by atoms with Gasteiger partial charge < -0.3 is 14.4 Å². The zero-order valence-corrected chi connectivity index (χ0v) is 17.3. The summed E-state index contributed by atoms with van der Waals surface area (Å²) in [5.74, 6) is 2.16. The SMILES string of the molecule is CCOCC[C@H]1C[C@H]2CC[C@@H](C1)N2CC(C)CN1C(=O)COc2ccccc21. The van der Waals surface area contributed by atoms with Gasteiger partial charge in [-0.25, -0.2) is 0 Å². The fourth-order valence-corrected chi connectivity index (χ4v) is 5.40. The van der Waals surface area contributed by atoms with Gasteiger partial charge >= 0.3 is 0 Å². The minimum absolute atomic E-state index is 0.0724. The van der Waals surface area contributed by atoms with Gasteiger partial charge in [0.05, 0.1) is 5.69 Å². The number of hydrogen-bond acceptors (Lipinski definition) is 4. The van der Waals surface area contributed by atoms with Gasteiger partial charge in [-0.1, -0.05) is 19.1 Å². The molecular formula is C23H34N2O3. The van der Waals surface area contributed by atoms with Crippen molar-refractivity contribution < 1.29 is 14.3 Å². The Balaban J connectivity index is 1.34. The molecule has 0 radical (unpaired) electrons. The second-order valence-electron chi connectivity index (χ2n) is 8.77. The molecule has 0 aromatic heterocycles. The molecule has 3 aliphatic heterocycles. The smallest absolute Gasteiger partial charge is 0.265 e. The van der Waals surface area contributed by atoms with Crippen LogP contribution in [0.3, 0.4) is 0 Å². The number of hydrogen-bond donors (Lipinski definition) is 0. The molecule has 0 saturated carbocycles. The molecule has 2 saturated heterocycles. The Bertz CT molecular complexity index is 666. The van der Waals surface area contributed by atoms with Crippen LogP contribution in [0.2, 0.25) is 0 Å². The summed E-state index contributed by atoms with van der Waals surface area (Å²) in [5, 5.41) is 0. The molecule has 0 N–H and O–H groups in total. The van der Waals surface area contributed by atoms with Crippen LogP contribution in [0.5, 0.6) is 5.75 Å². The summed E-state index contributed by atoms with van der Waals surface area (Å²) in [7, 11) is 0. The molecular weight excluding hydrogens is 352 g/mol. The van der Waals surface area contributed by atoms with E-state index in [1.54, 1.807) is 0 Å². The molecule has 1 amide bonds. The van der Waals surface area contributed by atoms with Crippen LogP contribution in [0, 0.1) is 11.8 Å². The minimum Gasteiger partial charge on any atom is -0.482 e. The van der Waals surface area contributed by atoms with Gasteiger partial charge in [0, 0.05) is 38.4 Å². The van der Waals surface area contributed by atoms with Gasteiger partial charge in [0.25, 0.3) is 5.91 Å². The maximum absolute atomic E-state index is 12.5. The first-order chi connectivity index (χ1) is 13.7. The highest BCUT2D eigenvalue weighted by molar-refractivity contribution is 5.97. The Morgan fingerprint density at radius 3 is 2.68 bits per heavy atom. The number of benzene rings is 1. The lowest BCUT2D eigenvalue weighted by Gasteiger charge is -2.41. The highest BCUT2D eigenvalue weighted by Gasteiger charge is 2.41. The fraction of sp³-hybridized carbons (Fsp3) is 0.696. The first-order valence-electron chi connectivity index (χ1n) is 11.0. The molecule has 3 heterocycles. The van der Waals surface area contributed by atoms with Crippen LogP contribution < -0.4 is 9.64 Å². The molecule has 5 heteroatoms. The van der Waals surface area contributed by atoms with Crippen molar-refractivity contribution in [3.05, 3.63) is 24.3 Å². The second-order valence-corrected chi connectivity index (χ2v) is 8.77. The third-order valence-corrected chi connectivity index (χ3v) is 6.68. The zero-order valence-electron chi connectivity index (χ0n) is 17.3. The number of carbonyl (C=O) groups is 1. The van der Waals surface area contributed by atoms with Gasteiger partial charge in [0.15, 0.2) is 6.61 Å². The number of ether oxygens (including phenoxy) is 2. The van der Waals surface area contributed by atoms with Crippen molar-refractivity contribution in [3.8, 4) is 5.75 Å². The van der Waals surface area contributed by atoms with E-state index in [1.165, 1.54) is 32.1 Å². The predicted molar refractivity (Wildman–Crippen MR) is 111 cm³/mol. The summed E-state index contributed by atoms with van der Waals surface area (Å²) in [6, 6.07) is 9.33. The molecule has 2 bridgehead atoms. The molecule has 1 aromatic carbocycles. The third-order valence-electron chi connectivity index (χ3n) is 6.68. The molecule has 154 valence electrons. The lowest BCUT2D eigenvalue weighted by Crippen LogP contribution is -2.48. The van der Waals surface area contributed by atoms with Crippen molar-refractivity contribution in [1.82, 2.24) is 4.90 Å². The van der Waals surface area contributed by atoms with E-state index in [0.717, 1.165) is 55.7 Å². The van der Waals surface area contributed by atoms with E-state index in [2.05, 4.69) is 18.7 Å². The quantitative estimate of drug-likeness (QED) is 0.639. The van der Waals surface area contributed by atoms with Gasteiger partial charge in [0.2, 0.25) is 0 Å². The number of para-hydroxylation sites is 2. The highest BCUT2D eigenvalue weighted by atomic mass is 16.5. The molecule has 0 aliphatic carbocycles. The highest BCUT2D eigenvalue weighted by Crippen LogP contribution is 2.40. The number of fused-ring (bicyclic) bond motifs is 3. The summed E-state index contributed by atoms with van der Waals surface area (Å²) in [5.41, 5.74) is 0.920. The predicted octanol–water partition coefficient (Wildman–Crippen LogP) is 3.72. The Morgan fingerprint density at radius 1 is 1.18 bits per heavy atom. The monoisotopic (exact) mass is 386 g/mol. The number of nitrogens with zero attached hydrogens (tertiary/aromatic N) is 2. The first-order valence-corrected chi connectivity index (χ1v) is 11.0. The van der Waals surface area contributed by atoms with E-state index in [-0.39, 0.29) is 12.5 Å². The van der Waals surface area contributed by atoms with Crippen LogP contribution in [0.4, 0.5) is 5.69 Å². The van der Waals surface area contributed by atoms with E-state index in [9.17, 15) is 4.79 Å². The van der Waals surface area contributed by atoms with Crippen molar-refractivity contribution in [2.24, 2.45) is 11.8 Å². The Kier molecular flexibility index (Phi) is 6.22. The molecule has 5 nitrogen and oxygen atoms in total. The van der Waals surface area contributed by atoms with E-state index in [1.807, 2.05) is 29.2 Å². The molecule has 3 aliphatic rings. The van der Waals surface area contributed by atoms with Crippen LogP contribution in [0.25, 0.3) is 0 Å². The molecule has 28 heavy (non-hydrogen) atoms. The molecule has 1 aromatic rings. The fourth-order valence-electron chi connectivity index (χ4n) is 5.40. The maximum atomic E-state index is 12.5. The number of carbonyl (C=O) groups excluding carboxylic acids is 1. The lowest BCUT2D eigenvalue weighted by molar-refractivity contribution is -0.121. The summed E-state index contributed by atoms with van der Waals surface area (Å²) < 4.78 is 11.2. The van der Waals surface area contributed by atoms with Crippen molar-refractivity contribution in [3.63, 3.8) is 0 Å². The summed E-state index contributed by atoms with van der Waals surface area (Å²) in [6.45, 7) is 8.10. The second kappa shape index (κ2) is 8.83. The molecule has 2 fully saturated rings. The zero-order chi connectivity index (χ0) is 19.5. The summed E-state index contributed by atoms with van der Waals surface area (Å²) >= 11 is 0. The average molecular weight is 387 g/mol. The van der Waals surface area contributed by atoms with Gasteiger partial charge in [-0.3, -0.25) is 9.69 Å². The van der Waals surface area contributed by atoms with E-state index < -0.39 is 0 Å². The van der Waals surface area contributed by atoms with Crippen LogP contribution in [0.15, 0.2) is 24.3 Å². The van der Waals surface area contributed by atoms with Crippen molar-refractivity contribution >= 4 is 11.6 Å². The summed E-state index contributed by atoms with van der Waals surface area (Å²) in [4.78, 5) is 17.1. The topological polar surface area (TPSA) is 42.0 Å². The van der Waals surface area contributed by atoms with Gasteiger partial charge in [-0.15, -0.1) is 0 Å². The van der Waals surface area contributed by atoms with Crippen LogP contribution in [0.1, 0.15) is 46.0 Å². The van der Waals surface area contributed by atoms with Crippen LogP contribution in [-0.4, -0.2) is 55.8 Å². The van der Waals surface area contributed by atoms with Crippen molar-refractivity contribution in [2.75, 3.05) is 37.8 Å². The van der Waals surface area contributed by atoms with Gasteiger partial charge in [-0.2, -0.15) is 0 Å². The number of anilines is 1. The average Bonchev–Trinajstić information content (AvgIpc) is 2.92. The van der Waals surface area contributed by atoms with Crippen molar-refractivity contribution in [1.29, 1.82) is 0 Å². The third kappa shape index (κ3) is 4.20. The van der Waals surface area contributed by atoms with Crippen LogP contribution >= 0.6 is 0 Å². The normalized spacial score (nSPS) is 28.1.